The van der Waals surface area contributed by atoms with Gasteiger partial charge in [-0.1, -0.05) is 84.0 Å². The van der Waals surface area contributed by atoms with Crippen molar-refractivity contribution in [2.24, 2.45) is 21.7 Å². The molecule has 49 heavy (non-hydrogen) atoms. The monoisotopic (exact) mass is 656 g/mol. The first-order chi connectivity index (χ1) is 22.8. The first-order valence-electron chi connectivity index (χ1n) is 17.7. The molecule has 2 unspecified atom stereocenters. The molecule has 0 spiro atoms. The molecule has 3 aromatic carbocycles. The number of rotatable bonds is 3. The molecule has 8 rings (SSSR count). The summed E-state index contributed by atoms with van der Waals surface area (Å²) in [5.74, 6) is 1.29. The Morgan fingerprint density at radius 3 is 1.86 bits per heavy atom. The van der Waals surface area contributed by atoms with E-state index >= 15 is 0 Å². The Kier molecular flexibility index (Phi) is 6.44. The molecule has 6 nitrogen and oxygen atoms in total. The smallest absolute Gasteiger partial charge is 0.242 e. The van der Waals surface area contributed by atoms with E-state index in [0.29, 0.717) is 29.3 Å². The lowest BCUT2D eigenvalue weighted by molar-refractivity contribution is -0.361. The molecule has 0 N–H and O–H groups in total. The van der Waals surface area contributed by atoms with Crippen molar-refractivity contribution in [2.75, 3.05) is 0 Å². The van der Waals surface area contributed by atoms with Crippen LogP contribution in [0.25, 0.3) is 22.3 Å². The summed E-state index contributed by atoms with van der Waals surface area (Å²) in [5.41, 5.74) is 9.47. The zero-order chi connectivity index (χ0) is 35.1. The predicted molar refractivity (Wildman–Crippen MR) is 198 cm³/mol. The molecule has 0 fully saturated rings. The lowest BCUT2D eigenvalue weighted by Crippen LogP contribution is -2.40. The minimum atomic E-state index is -0.504. The lowest BCUT2D eigenvalue weighted by Gasteiger charge is -2.39. The van der Waals surface area contributed by atoms with Gasteiger partial charge in [0.25, 0.3) is 0 Å². The van der Waals surface area contributed by atoms with Gasteiger partial charge in [0.2, 0.25) is 29.1 Å². The van der Waals surface area contributed by atoms with Crippen molar-refractivity contribution < 1.29 is 19.0 Å². The summed E-state index contributed by atoms with van der Waals surface area (Å²) in [5, 5.41) is 27.6. The minimum absolute atomic E-state index is 0.0206. The van der Waals surface area contributed by atoms with E-state index in [9.17, 15) is 10.4 Å². The molecule has 6 heteroatoms. The Hall–Kier alpha value is -4.32. The van der Waals surface area contributed by atoms with Gasteiger partial charge in [0.05, 0.1) is 39.2 Å². The molecule has 0 saturated heterocycles. The van der Waals surface area contributed by atoms with Crippen molar-refractivity contribution in [3.05, 3.63) is 93.9 Å². The highest BCUT2D eigenvalue weighted by Gasteiger charge is 2.52. The quantitative estimate of drug-likeness (QED) is 0.208. The van der Waals surface area contributed by atoms with Crippen LogP contribution < -0.4 is 9.47 Å². The standard InChI is InChI=1S/C43H48N2O4/c1-39(2,3)27-14-11-25(12-15-27)26-13-16-28-31-21-43(10,24-42(8,9)38(31)44(46)32(28)17-26)22-36-48-34-18-29-30-20-40(4,5)23-41(6,7)37(30)45(47)33(29)19-35(34)49-36/h11-21,36H,22-24H2,1-10H3. The number of hydrogen-bond acceptors (Lipinski definition) is 4. The molecule has 3 heterocycles. The van der Waals surface area contributed by atoms with Crippen molar-refractivity contribution in [3.63, 3.8) is 0 Å². The van der Waals surface area contributed by atoms with Gasteiger partial charge >= 0.3 is 0 Å². The van der Waals surface area contributed by atoms with Gasteiger partial charge in [0.1, 0.15) is 0 Å². The van der Waals surface area contributed by atoms with Crippen molar-refractivity contribution in [1.82, 2.24) is 0 Å². The SMILES string of the molecule is CC1(C)C=C2C(=[N+]([O-])c3cc4c(cc32)OC(CC2(C)C=C3C(=[N+]([O-])c5cc(-c6ccc(C(C)(C)C)cc6)ccc53)C(C)(C)C2)O4)C(C)(C)C1. The van der Waals surface area contributed by atoms with Gasteiger partial charge in [-0.15, -0.1) is 0 Å². The van der Waals surface area contributed by atoms with Gasteiger partial charge in [-0.05, 0) is 85.6 Å². The first-order valence-corrected chi connectivity index (χ1v) is 17.7. The second-order valence-corrected chi connectivity index (χ2v) is 18.4. The number of ether oxygens (including phenoxy) is 2. The molecule has 0 radical (unpaired) electrons. The van der Waals surface area contributed by atoms with Crippen LogP contribution in [0.15, 0.2) is 66.7 Å². The molecule has 3 aromatic rings. The Bertz CT molecular complexity index is 2080. The van der Waals surface area contributed by atoms with E-state index in [1.165, 1.54) is 5.56 Å². The van der Waals surface area contributed by atoms with E-state index in [0.717, 1.165) is 67.1 Å². The minimum Gasteiger partial charge on any atom is -0.618 e. The van der Waals surface area contributed by atoms with Gasteiger partial charge in [0, 0.05) is 12.5 Å². The molecule has 2 atom stereocenters. The summed E-state index contributed by atoms with van der Waals surface area (Å²) in [6.45, 7) is 22.0. The highest BCUT2D eigenvalue weighted by atomic mass is 16.7. The Labute approximate surface area is 290 Å². The summed E-state index contributed by atoms with van der Waals surface area (Å²) < 4.78 is 15.2. The largest absolute Gasteiger partial charge is 0.618 e. The van der Waals surface area contributed by atoms with E-state index in [1.54, 1.807) is 0 Å². The summed E-state index contributed by atoms with van der Waals surface area (Å²) >= 11 is 0. The van der Waals surface area contributed by atoms with Crippen molar-refractivity contribution in [1.29, 1.82) is 0 Å². The molecule has 0 aromatic heterocycles. The first kappa shape index (κ1) is 31.9. The molecular formula is C43H48N2O4. The summed E-state index contributed by atoms with van der Waals surface area (Å²) in [6.07, 6.45) is 6.31. The fourth-order valence-corrected chi connectivity index (χ4v) is 9.73. The van der Waals surface area contributed by atoms with E-state index in [-0.39, 0.29) is 27.1 Å². The maximum atomic E-state index is 14.0. The van der Waals surface area contributed by atoms with Crippen LogP contribution in [0.1, 0.15) is 105 Å². The highest BCUT2D eigenvalue weighted by Crippen LogP contribution is 2.56. The zero-order valence-corrected chi connectivity index (χ0v) is 30.6. The Morgan fingerprint density at radius 2 is 1.22 bits per heavy atom. The third-order valence-corrected chi connectivity index (χ3v) is 11.3. The molecule has 2 aliphatic carbocycles. The maximum absolute atomic E-state index is 14.0. The normalized spacial score (nSPS) is 25.4. The number of hydrogen-bond donors (Lipinski definition) is 0. The van der Waals surface area contributed by atoms with Crippen molar-refractivity contribution in [3.8, 4) is 22.6 Å². The molecule has 0 saturated carbocycles. The summed E-state index contributed by atoms with van der Waals surface area (Å²) in [6, 6.07) is 18.8. The number of benzene rings is 3. The molecular weight excluding hydrogens is 608 g/mol. The van der Waals surface area contributed by atoms with Crippen LogP contribution in [-0.2, 0) is 5.41 Å². The fourth-order valence-electron chi connectivity index (χ4n) is 9.73. The molecule has 254 valence electrons. The van der Waals surface area contributed by atoms with Crippen molar-refractivity contribution in [2.45, 2.75) is 100 Å². The maximum Gasteiger partial charge on any atom is 0.242 e. The second-order valence-electron chi connectivity index (χ2n) is 18.4. The van der Waals surface area contributed by atoms with Gasteiger partial charge in [0.15, 0.2) is 11.5 Å². The van der Waals surface area contributed by atoms with Gasteiger partial charge < -0.3 is 19.9 Å². The van der Waals surface area contributed by atoms with Crippen LogP contribution in [0.4, 0.5) is 11.4 Å². The molecule has 0 bridgehead atoms. The van der Waals surface area contributed by atoms with Gasteiger partial charge in [-0.25, -0.2) is 0 Å². The average molecular weight is 657 g/mol. The highest BCUT2D eigenvalue weighted by molar-refractivity contribution is 6.28. The van der Waals surface area contributed by atoms with Gasteiger partial charge in [-0.2, -0.15) is 9.48 Å². The van der Waals surface area contributed by atoms with Crippen LogP contribution in [-0.4, -0.2) is 27.2 Å². The number of allylic oxidation sites excluding steroid dienone is 4. The van der Waals surface area contributed by atoms with Crippen LogP contribution >= 0.6 is 0 Å². The summed E-state index contributed by atoms with van der Waals surface area (Å²) in [4.78, 5) is 0. The average Bonchev–Trinajstić information content (AvgIpc) is 3.59. The topological polar surface area (TPSA) is 70.6 Å². The number of nitrogens with zero attached hydrogens (tertiary/aromatic N) is 2. The number of fused-ring (bicyclic) bond motifs is 7. The van der Waals surface area contributed by atoms with Gasteiger partial charge in [-0.3, -0.25) is 0 Å². The molecule has 5 aliphatic rings. The Morgan fingerprint density at radius 1 is 0.673 bits per heavy atom. The molecule has 3 aliphatic heterocycles. The van der Waals surface area contributed by atoms with Crippen LogP contribution in [0.3, 0.4) is 0 Å². The second kappa shape index (κ2) is 9.89. The Balaban J connectivity index is 1.09. The zero-order valence-electron chi connectivity index (χ0n) is 30.6. The third kappa shape index (κ3) is 4.96. The van der Waals surface area contributed by atoms with E-state index in [2.05, 4.69) is 118 Å². The van der Waals surface area contributed by atoms with Crippen LogP contribution in [0.2, 0.25) is 0 Å². The fraction of sp³-hybridized carbons (Fsp3) is 0.442. The van der Waals surface area contributed by atoms with E-state index in [1.807, 2.05) is 18.2 Å². The molecule has 0 amide bonds. The van der Waals surface area contributed by atoms with Crippen LogP contribution in [0, 0.1) is 32.1 Å². The summed E-state index contributed by atoms with van der Waals surface area (Å²) in [7, 11) is 0. The predicted octanol–water partition coefficient (Wildman–Crippen LogP) is 10.7. The lowest BCUT2D eigenvalue weighted by atomic mass is 9.63. The van der Waals surface area contributed by atoms with E-state index < -0.39 is 6.29 Å². The van der Waals surface area contributed by atoms with Crippen LogP contribution in [0.5, 0.6) is 11.5 Å². The van der Waals surface area contributed by atoms with E-state index in [4.69, 9.17) is 9.47 Å². The third-order valence-electron chi connectivity index (χ3n) is 11.3. The van der Waals surface area contributed by atoms with Crippen molar-refractivity contribution >= 4 is 33.9 Å².